The molecule has 1 aromatic carbocycles. The topological polar surface area (TPSA) is 85.7 Å². The van der Waals surface area contributed by atoms with Crippen LogP contribution in [-0.4, -0.2) is 106 Å². The average Bonchev–Trinajstić information content (AvgIpc) is 3.27. The summed E-state index contributed by atoms with van der Waals surface area (Å²) in [5.41, 5.74) is 0.231. The van der Waals surface area contributed by atoms with Crippen LogP contribution in [0.3, 0.4) is 0 Å². The molecule has 2 aromatic rings. The Morgan fingerprint density at radius 3 is 2.65 bits per heavy atom. The van der Waals surface area contributed by atoms with Crippen molar-refractivity contribution in [1.82, 2.24) is 19.6 Å². The Hall–Kier alpha value is -2.59. The van der Waals surface area contributed by atoms with E-state index in [2.05, 4.69) is 15.7 Å². The predicted octanol–water partition coefficient (Wildman–Crippen LogP) is -0.133. The Morgan fingerprint density at radius 2 is 2.03 bits per heavy atom. The summed E-state index contributed by atoms with van der Waals surface area (Å²) in [7, 11) is 36.4. The number of aliphatic hydroxyl groups is 1. The van der Waals surface area contributed by atoms with Gasteiger partial charge in [-0.3, -0.25) is 4.90 Å². The van der Waals surface area contributed by atoms with Crippen molar-refractivity contribution in [1.29, 1.82) is 0 Å². The van der Waals surface area contributed by atoms with Crippen molar-refractivity contribution in [2.24, 2.45) is 0 Å². The number of carbonyl (C=O) groups is 1. The van der Waals surface area contributed by atoms with E-state index < -0.39 is 45.9 Å². The zero-order valence-electron chi connectivity index (χ0n) is 20.1. The van der Waals surface area contributed by atoms with Crippen molar-refractivity contribution in [2.45, 2.75) is 54.6 Å². The fourth-order valence-corrected chi connectivity index (χ4v) is 4.41. The summed E-state index contributed by atoms with van der Waals surface area (Å²) in [5.74, 6) is -0.930. The van der Waals surface area contributed by atoms with E-state index in [1.807, 2.05) is 0 Å². The number of urea groups is 1. The number of aliphatic hydroxyl groups excluding tert-OH is 1. The van der Waals surface area contributed by atoms with E-state index >= 15 is 0 Å². The summed E-state index contributed by atoms with van der Waals surface area (Å²) < 4.78 is 29.7. The molecule has 37 heavy (non-hydrogen) atoms. The fraction of sp³-hybridized carbons (Fsp3) is 0.429. The quantitative estimate of drug-likeness (QED) is 0.491. The minimum Gasteiger partial charge on any atom is -0.392 e. The molecular weight excluding hydrogens is 471 g/mol. The van der Waals surface area contributed by atoms with Gasteiger partial charge in [-0.05, 0) is 41.4 Å². The summed E-state index contributed by atoms with van der Waals surface area (Å²) >= 11 is 0. The van der Waals surface area contributed by atoms with Crippen LogP contribution in [0.25, 0.3) is 6.20 Å². The van der Waals surface area contributed by atoms with E-state index in [4.69, 9.17) is 47.1 Å². The minimum atomic E-state index is -2.03. The van der Waals surface area contributed by atoms with Crippen LogP contribution in [0.2, 0.25) is 0 Å². The Balaban J connectivity index is 1.60. The summed E-state index contributed by atoms with van der Waals surface area (Å²) in [4.78, 5) is 15.4. The van der Waals surface area contributed by atoms with Gasteiger partial charge in [0, 0.05) is 18.3 Å². The maximum absolute atomic E-state index is 14.4. The van der Waals surface area contributed by atoms with E-state index in [-0.39, 0.29) is 30.6 Å². The van der Waals surface area contributed by atoms with Gasteiger partial charge in [0.05, 0.1) is 59.4 Å². The lowest BCUT2D eigenvalue weighted by atomic mass is 9.58. The number of carbonyl (C=O) groups excluding carboxylic acids is 1. The molecule has 2 amide bonds. The Labute approximate surface area is 222 Å². The van der Waals surface area contributed by atoms with Crippen LogP contribution >= 0.6 is 0 Å². The van der Waals surface area contributed by atoms with Gasteiger partial charge in [-0.15, -0.1) is 0 Å². The van der Waals surface area contributed by atoms with Crippen molar-refractivity contribution in [3.63, 3.8) is 0 Å². The summed E-state index contributed by atoms with van der Waals surface area (Å²) in [5, 5.41) is 14.8. The molecule has 178 valence electrons. The predicted molar refractivity (Wildman–Crippen MR) is 141 cm³/mol. The highest BCUT2D eigenvalue weighted by atomic mass is 19.1. The molecule has 0 spiro atoms. The Morgan fingerprint density at radius 1 is 1.32 bits per heavy atom. The first kappa shape index (κ1) is 27.4. The molecule has 0 bridgehead atoms. The minimum absolute atomic E-state index is 0.0496. The number of fused-ring (bicyclic) bond motifs is 1. The molecule has 2 aliphatic rings. The zero-order chi connectivity index (χ0) is 27.3. The van der Waals surface area contributed by atoms with Gasteiger partial charge in [0.15, 0.2) is 5.82 Å². The van der Waals surface area contributed by atoms with Crippen LogP contribution < -0.4 is 10.6 Å². The van der Waals surface area contributed by atoms with Crippen LogP contribution in [0, 0.1) is 11.6 Å². The SMILES string of the molecule is [B]C([B])(CC)N(Cc1cc(F)ccc1F)C1C=Cn2ncc(NC(=O)N3C([B])([B])CC(O)C3([B])[B])c2N1. The van der Waals surface area contributed by atoms with E-state index in [1.54, 1.807) is 19.2 Å². The number of nitrogens with one attached hydrogen (secondary N) is 2. The molecule has 1 aromatic heterocycles. The van der Waals surface area contributed by atoms with Gasteiger partial charge in [-0.1, -0.05) is 18.7 Å². The van der Waals surface area contributed by atoms with Crippen LogP contribution in [0.1, 0.15) is 25.3 Å². The first-order chi connectivity index (χ1) is 17.2. The summed E-state index contributed by atoms with van der Waals surface area (Å²) in [6.07, 6.45) is 2.51. The van der Waals surface area contributed by atoms with Gasteiger partial charge in [0.2, 0.25) is 0 Å². The lowest BCUT2D eigenvalue weighted by molar-refractivity contribution is 0.141. The molecule has 4 rings (SSSR count). The molecule has 0 saturated carbocycles. The number of rotatable bonds is 6. The average molecular weight is 491 g/mol. The second-order valence-corrected chi connectivity index (χ2v) is 9.35. The van der Waals surface area contributed by atoms with Crippen LogP contribution in [-0.2, 0) is 6.54 Å². The summed E-state index contributed by atoms with van der Waals surface area (Å²) in [6.45, 7) is 1.61. The molecule has 2 aliphatic heterocycles. The van der Waals surface area contributed by atoms with Crippen molar-refractivity contribution in [2.75, 3.05) is 10.6 Å². The molecule has 8 nitrogen and oxygen atoms in total. The first-order valence-corrected chi connectivity index (χ1v) is 11.4. The van der Waals surface area contributed by atoms with Gasteiger partial charge >= 0.3 is 6.03 Å². The third-order valence-electron chi connectivity index (χ3n) is 6.58. The molecule has 0 aliphatic carbocycles. The fourth-order valence-electron chi connectivity index (χ4n) is 4.41. The number of hydrogen-bond acceptors (Lipinski definition) is 5. The molecule has 2 atom stereocenters. The van der Waals surface area contributed by atoms with Crippen molar-refractivity contribution in [3.05, 3.63) is 47.7 Å². The monoisotopic (exact) mass is 492 g/mol. The van der Waals surface area contributed by atoms with Crippen LogP contribution in [0.4, 0.5) is 25.1 Å². The number of aromatic nitrogens is 2. The second kappa shape index (κ2) is 9.62. The number of halogens is 2. The standard InChI is InChI=1S/C21H20B6F2N6O2/c1-2-19(22,23)33(10-11-7-12(28)3-4-13(11)29)16-5-6-34-17(32-16)14(9-30-34)31-18(37)35-20(24,25)8-15(36)21(35,26)27/h3-7,9,15-16,32,36H,2,8,10H2,1H3,(H,31,37). The number of hydrogen-bond donors (Lipinski definition) is 3. The Bertz CT molecular complexity index is 1230. The van der Waals surface area contributed by atoms with Gasteiger partial charge in [0.25, 0.3) is 0 Å². The molecular formula is C21H20B6F2N6O2. The lowest BCUT2D eigenvalue weighted by Gasteiger charge is -2.45. The largest absolute Gasteiger partial charge is 0.392 e. The second-order valence-electron chi connectivity index (χ2n) is 9.35. The third kappa shape index (κ3) is 5.10. The Kier molecular flexibility index (Phi) is 7.13. The highest BCUT2D eigenvalue weighted by Crippen LogP contribution is 2.36. The molecule has 3 heterocycles. The lowest BCUT2D eigenvalue weighted by Crippen LogP contribution is -2.61. The van der Waals surface area contributed by atoms with E-state index in [9.17, 15) is 18.7 Å². The van der Waals surface area contributed by atoms with E-state index in [0.29, 0.717) is 5.82 Å². The molecule has 1 fully saturated rings. The van der Waals surface area contributed by atoms with E-state index in [1.165, 1.54) is 15.8 Å². The maximum Gasteiger partial charge on any atom is 0.320 e. The number of amides is 2. The van der Waals surface area contributed by atoms with Gasteiger partial charge < -0.3 is 20.6 Å². The number of benzene rings is 1. The first-order valence-electron chi connectivity index (χ1n) is 11.4. The van der Waals surface area contributed by atoms with Crippen molar-refractivity contribution < 1.29 is 18.7 Å². The van der Waals surface area contributed by atoms with Gasteiger partial charge in [0.1, 0.15) is 23.5 Å². The summed E-state index contributed by atoms with van der Waals surface area (Å²) in [6, 6.07) is 2.23. The zero-order valence-corrected chi connectivity index (χ0v) is 20.1. The van der Waals surface area contributed by atoms with Gasteiger partial charge in [-0.25, -0.2) is 18.3 Å². The highest BCUT2D eigenvalue weighted by molar-refractivity contribution is 6.47. The van der Waals surface area contributed by atoms with Crippen LogP contribution in [0.15, 0.2) is 30.5 Å². The van der Waals surface area contributed by atoms with Crippen LogP contribution in [0.5, 0.6) is 0 Å². The molecule has 3 N–H and O–H groups in total. The van der Waals surface area contributed by atoms with Crippen molar-refractivity contribution in [3.8, 4) is 0 Å². The molecule has 2 unspecified atom stereocenters. The molecule has 16 heteroatoms. The van der Waals surface area contributed by atoms with Gasteiger partial charge in [-0.2, -0.15) is 5.10 Å². The van der Waals surface area contributed by atoms with E-state index in [0.717, 1.165) is 23.1 Å². The molecule has 1 saturated heterocycles. The number of likely N-dealkylation sites (tertiary alicyclic amines) is 1. The molecule has 12 radical (unpaired) electrons. The number of nitrogens with zero attached hydrogens (tertiary/aromatic N) is 4. The highest BCUT2D eigenvalue weighted by Gasteiger charge is 2.51. The normalized spacial score (nSPS) is 22.0. The van der Waals surface area contributed by atoms with Crippen molar-refractivity contribution >= 4 is 70.8 Å². The third-order valence-corrected chi connectivity index (χ3v) is 6.58. The maximum atomic E-state index is 14.4. The number of anilines is 2. The smallest absolute Gasteiger partial charge is 0.320 e.